The van der Waals surface area contributed by atoms with E-state index in [0.717, 1.165) is 5.70 Å². The maximum atomic E-state index is 13.6. The first kappa shape index (κ1) is 17.0. The van der Waals surface area contributed by atoms with Crippen LogP contribution in [0.25, 0.3) is 5.70 Å². The summed E-state index contributed by atoms with van der Waals surface area (Å²) in [4.78, 5) is 0. The number of halogens is 3. The predicted octanol–water partition coefficient (Wildman–Crippen LogP) is 3.43. The maximum absolute atomic E-state index is 13.6. The first-order chi connectivity index (χ1) is 8.52. The molecule has 1 aliphatic heterocycles. The first-order valence-corrected chi connectivity index (χ1v) is 6.51. The van der Waals surface area contributed by atoms with Crippen molar-refractivity contribution in [2.45, 2.75) is 10.3 Å². The fourth-order valence-corrected chi connectivity index (χ4v) is 2.05. The topological polar surface area (TPSA) is 21.3 Å². The van der Waals surface area contributed by atoms with Crippen LogP contribution in [0.4, 0.5) is 8.78 Å². The minimum absolute atomic E-state index is 0. The minimum Gasteiger partial charge on any atom is -0.491 e. The van der Waals surface area contributed by atoms with Gasteiger partial charge in [-0.1, -0.05) is 47.7 Å². The van der Waals surface area contributed by atoms with Gasteiger partial charge in [0.2, 0.25) is 0 Å². The molecule has 1 radical (unpaired) electrons. The van der Waals surface area contributed by atoms with E-state index in [4.69, 9.17) is 0 Å². The van der Waals surface area contributed by atoms with Gasteiger partial charge in [0.15, 0.2) is 17.4 Å². The van der Waals surface area contributed by atoms with Crippen molar-refractivity contribution in [3.8, 4) is 5.75 Å². The molecule has 0 bridgehead atoms. The van der Waals surface area contributed by atoms with Gasteiger partial charge in [0.1, 0.15) is 0 Å². The van der Waals surface area contributed by atoms with E-state index in [9.17, 15) is 8.78 Å². The van der Waals surface area contributed by atoms with Crippen LogP contribution in [0.2, 0.25) is 0 Å². The SMILES string of the molecule is C=C1NC(c2cc(F)c(OC)c(F)c2)=[C-]CC1I.[Y]. The van der Waals surface area contributed by atoms with Crippen LogP contribution in [0.3, 0.4) is 0 Å². The van der Waals surface area contributed by atoms with E-state index in [-0.39, 0.29) is 42.4 Å². The number of methoxy groups -OCH3 is 1. The van der Waals surface area contributed by atoms with Crippen molar-refractivity contribution in [3.05, 3.63) is 47.7 Å². The Morgan fingerprint density at radius 2 is 2.00 bits per heavy atom. The van der Waals surface area contributed by atoms with Crippen molar-refractivity contribution in [2.24, 2.45) is 0 Å². The van der Waals surface area contributed by atoms with E-state index in [1.165, 1.54) is 19.2 Å². The zero-order valence-corrected chi connectivity index (χ0v) is 15.3. The smallest absolute Gasteiger partial charge is 0.187 e. The third-order valence-electron chi connectivity index (χ3n) is 2.61. The van der Waals surface area contributed by atoms with Crippen LogP contribution < -0.4 is 10.1 Å². The summed E-state index contributed by atoms with van der Waals surface area (Å²) in [6.07, 6.45) is 3.73. The molecule has 1 heterocycles. The van der Waals surface area contributed by atoms with Crippen molar-refractivity contribution in [2.75, 3.05) is 7.11 Å². The van der Waals surface area contributed by atoms with Gasteiger partial charge >= 0.3 is 0 Å². The third-order valence-corrected chi connectivity index (χ3v) is 3.80. The van der Waals surface area contributed by atoms with Crippen LogP contribution in [0.15, 0.2) is 24.4 Å². The van der Waals surface area contributed by atoms with Crippen LogP contribution in [-0.4, -0.2) is 11.0 Å². The van der Waals surface area contributed by atoms with Gasteiger partial charge in [-0.3, -0.25) is 0 Å². The molecular formula is C13H11F2INOY-. The molecule has 0 fully saturated rings. The van der Waals surface area contributed by atoms with E-state index < -0.39 is 11.6 Å². The molecule has 1 aliphatic rings. The van der Waals surface area contributed by atoms with E-state index in [1.807, 2.05) is 0 Å². The molecule has 0 amide bonds. The summed E-state index contributed by atoms with van der Waals surface area (Å²) in [5.74, 6) is -1.84. The second-order valence-corrected chi connectivity index (χ2v) is 5.35. The molecule has 0 spiro atoms. The fourth-order valence-electron chi connectivity index (χ4n) is 1.67. The van der Waals surface area contributed by atoms with E-state index in [2.05, 4.69) is 45.3 Å². The summed E-state index contributed by atoms with van der Waals surface area (Å²) in [6, 6.07) is 2.44. The van der Waals surface area contributed by atoms with E-state index in [1.54, 1.807) is 0 Å². The molecule has 6 heteroatoms. The molecule has 0 aliphatic carbocycles. The molecule has 1 atom stereocenters. The number of hydrogen-bond donors (Lipinski definition) is 1. The summed E-state index contributed by atoms with van der Waals surface area (Å²) in [5.41, 5.74) is 1.75. The van der Waals surface area contributed by atoms with Gasteiger partial charge in [0.25, 0.3) is 0 Å². The number of ether oxygens (including phenoxy) is 1. The van der Waals surface area contributed by atoms with Crippen LogP contribution >= 0.6 is 22.6 Å². The maximum Gasteiger partial charge on any atom is 0.187 e. The summed E-state index contributed by atoms with van der Waals surface area (Å²) in [5, 5.41) is 3.00. The second kappa shape index (κ2) is 7.13. The summed E-state index contributed by atoms with van der Waals surface area (Å²) in [6.45, 7) is 3.86. The van der Waals surface area contributed by atoms with Gasteiger partial charge in [-0.15, -0.1) is 11.3 Å². The average molecular weight is 451 g/mol. The molecule has 1 N–H and O–H groups in total. The van der Waals surface area contributed by atoms with Crippen molar-refractivity contribution >= 4 is 28.3 Å². The summed E-state index contributed by atoms with van der Waals surface area (Å²) < 4.78 is 32.0. The van der Waals surface area contributed by atoms with Gasteiger partial charge < -0.3 is 10.1 Å². The first-order valence-electron chi connectivity index (χ1n) is 5.27. The molecule has 0 saturated heterocycles. The van der Waals surface area contributed by atoms with E-state index in [0.29, 0.717) is 17.7 Å². The molecule has 1 aromatic rings. The summed E-state index contributed by atoms with van der Waals surface area (Å²) in [7, 11) is 1.23. The number of nitrogens with one attached hydrogen (secondary N) is 1. The summed E-state index contributed by atoms with van der Waals surface area (Å²) >= 11 is 2.23. The van der Waals surface area contributed by atoms with Crippen LogP contribution in [0, 0.1) is 17.7 Å². The normalized spacial score (nSPS) is 18.2. The molecule has 99 valence electrons. The molecule has 2 nitrogen and oxygen atoms in total. The molecule has 1 aromatic carbocycles. The molecule has 2 rings (SSSR count). The number of rotatable bonds is 2. The average Bonchev–Trinajstić information content (AvgIpc) is 2.32. The Hall–Kier alpha value is -0.00610. The van der Waals surface area contributed by atoms with Crippen LogP contribution in [0.1, 0.15) is 12.0 Å². The Labute approximate surface area is 149 Å². The molecular weight excluding hydrogens is 440 g/mol. The molecule has 19 heavy (non-hydrogen) atoms. The van der Waals surface area contributed by atoms with Gasteiger partial charge in [0.05, 0.1) is 7.11 Å². The Bertz CT molecular complexity index is 510. The van der Waals surface area contributed by atoms with Gasteiger partial charge in [-0.2, -0.15) is 0 Å². The fraction of sp³-hybridized carbons (Fsp3) is 0.231. The second-order valence-electron chi connectivity index (χ2n) is 3.85. The number of alkyl halides is 1. The monoisotopic (exact) mass is 451 g/mol. The Morgan fingerprint density at radius 1 is 1.42 bits per heavy atom. The molecule has 0 saturated carbocycles. The Morgan fingerprint density at radius 3 is 2.47 bits per heavy atom. The van der Waals surface area contributed by atoms with Crippen LogP contribution in [0.5, 0.6) is 5.75 Å². The number of allylic oxidation sites excluding steroid dienone is 2. The van der Waals surface area contributed by atoms with Crippen molar-refractivity contribution in [1.29, 1.82) is 0 Å². The Balaban J connectivity index is 0.00000180. The van der Waals surface area contributed by atoms with Gasteiger partial charge in [-0.05, 0) is 0 Å². The standard InChI is InChI=1S/C13H11F2INO.Y/c1-7-11(16)3-4-12(17-7)8-5-9(14)13(18-2)10(15)6-8;/h5-6,11,17H,1,3H2,2H3;/q-1;. The van der Waals surface area contributed by atoms with Crippen molar-refractivity contribution < 1.29 is 46.2 Å². The van der Waals surface area contributed by atoms with Crippen molar-refractivity contribution in [1.82, 2.24) is 5.32 Å². The Kier molecular flexibility index (Phi) is 6.40. The van der Waals surface area contributed by atoms with E-state index >= 15 is 0 Å². The van der Waals surface area contributed by atoms with Gasteiger partial charge in [0, 0.05) is 42.3 Å². The van der Waals surface area contributed by atoms with Gasteiger partial charge in [-0.25, -0.2) is 14.9 Å². The third kappa shape index (κ3) is 3.76. The zero-order chi connectivity index (χ0) is 13.3. The number of hydrogen-bond acceptors (Lipinski definition) is 2. The number of benzene rings is 1. The van der Waals surface area contributed by atoms with Crippen molar-refractivity contribution in [3.63, 3.8) is 0 Å². The zero-order valence-electron chi connectivity index (χ0n) is 10.3. The molecule has 0 aromatic heterocycles. The quantitative estimate of drug-likeness (QED) is 0.423. The largest absolute Gasteiger partial charge is 0.491 e. The molecule has 1 unspecified atom stereocenters. The van der Waals surface area contributed by atoms with Crippen LogP contribution in [-0.2, 0) is 32.7 Å². The minimum atomic E-state index is -0.731. The predicted molar refractivity (Wildman–Crippen MR) is 74.3 cm³/mol.